The van der Waals surface area contributed by atoms with Gasteiger partial charge in [0, 0.05) is 11.8 Å². The predicted octanol–water partition coefficient (Wildman–Crippen LogP) is 2.46. The molecule has 0 bridgehead atoms. The molecule has 0 aromatic carbocycles. The summed E-state index contributed by atoms with van der Waals surface area (Å²) >= 11 is 0. The molecule has 0 aliphatic heterocycles. The summed E-state index contributed by atoms with van der Waals surface area (Å²) in [5.74, 6) is 2.48. The molecule has 2 rings (SSSR count). The molecule has 0 saturated carbocycles. The van der Waals surface area contributed by atoms with E-state index in [1.807, 2.05) is 32.2 Å². The number of rotatable bonds is 5. The summed E-state index contributed by atoms with van der Waals surface area (Å²) in [5, 5.41) is 3.05. The average Bonchev–Trinajstić information content (AvgIpc) is 2.79. The maximum Gasteiger partial charge on any atom is 0.138 e. The normalized spacial score (nSPS) is 10.5. The summed E-state index contributed by atoms with van der Waals surface area (Å²) < 4.78 is 11.1. The van der Waals surface area contributed by atoms with E-state index in [4.69, 9.17) is 9.15 Å². The van der Waals surface area contributed by atoms with E-state index < -0.39 is 0 Å². The van der Waals surface area contributed by atoms with Gasteiger partial charge in [0.05, 0.1) is 19.3 Å². The maximum atomic E-state index is 5.69. The summed E-state index contributed by atoms with van der Waals surface area (Å²) in [6.45, 7) is 3.30. The van der Waals surface area contributed by atoms with Gasteiger partial charge in [-0.25, -0.2) is 0 Å². The third kappa shape index (κ3) is 2.85. The van der Waals surface area contributed by atoms with Crippen LogP contribution < -0.4 is 10.1 Å². The standard InChI is InChI=1S/C13H16N2O2/c1-3-16-12-6-10(7-15-9-12)13-5-4-11(17-13)8-14-2/h4-7,9,14H,3,8H2,1-2H3. The molecule has 0 spiro atoms. The van der Waals surface area contributed by atoms with Crippen molar-refractivity contribution in [3.05, 3.63) is 36.4 Å². The summed E-state index contributed by atoms with van der Waals surface area (Å²) in [5.41, 5.74) is 0.929. The van der Waals surface area contributed by atoms with Crippen LogP contribution in [0.2, 0.25) is 0 Å². The van der Waals surface area contributed by atoms with Crippen molar-refractivity contribution in [2.45, 2.75) is 13.5 Å². The molecule has 0 radical (unpaired) electrons. The minimum absolute atomic E-state index is 0.633. The smallest absolute Gasteiger partial charge is 0.138 e. The van der Waals surface area contributed by atoms with E-state index in [9.17, 15) is 0 Å². The van der Waals surface area contributed by atoms with E-state index >= 15 is 0 Å². The molecule has 0 saturated heterocycles. The van der Waals surface area contributed by atoms with Crippen molar-refractivity contribution in [1.29, 1.82) is 0 Å². The van der Waals surface area contributed by atoms with Gasteiger partial charge in [-0.05, 0) is 32.2 Å². The summed E-state index contributed by atoms with van der Waals surface area (Å²) in [6, 6.07) is 5.83. The zero-order valence-corrected chi connectivity index (χ0v) is 10.1. The summed E-state index contributed by atoms with van der Waals surface area (Å²) in [7, 11) is 1.89. The molecule has 0 amide bonds. The third-order valence-electron chi connectivity index (χ3n) is 2.32. The number of furan rings is 1. The lowest BCUT2D eigenvalue weighted by atomic mass is 10.2. The van der Waals surface area contributed by atoms with Gasteiger partial charge in [-0.2, -0.15) is 0 Å². The number of pyridine rings is 1. The molecule has 17 heavy (non-hydrogen) atoms. The Morgan fingerprint density at radius 2 is 2.24 bits per heavy atom. The highest BCUT2D eigenvalue weighted by Gasteiger charge is 2.06. The maximum absolute atomic E-state index is 5.69. The molecule has 4 nitrogen and oxygen atoms in total. The number of nitrogens with one attached hydrogen (secondary N) is 1. The van der Waals surface area contributed by atoms with Crippen LogP contribution in [0.4, 0.5) is 0 Å². The van der Waals surface area contributed by atoms with E-state index in [0.29, 0.717) is 6.61 Å². The van der Waals surface area contributed by atoms with Gasteiger partial charge in [0.2, 0.25) is 0 Å². The second-order valence-corrected chi connectivity index (χ2v) is 3.64. The van der Waals surface area contributed by atoms with Gasteiger partial charge in [0.1, 0.15) is 17.3 Å². The molecule has 0 unspecified atom stereocenters. The fourth-order valence-electron chi connectivity index (χ4n) is 1.60. The zero-order valence-electron chi connectivity index (χ0n) is 10.1. The van der Waals surface area contributed by atoms with Crippen LogP contribution in [0.5, 0.6) is 5.75 Å². The molecule has 0 atom stereocenters. The van der Waals surface area contributed by atoms with Gasteiger partial charge in [0.15, 0.2) is 0 Å². The molecule has 0 aliphatic rings. The molecule has 0 aliphatic carbocycles. The van der Waals surface area contributed by atoms with Crippen LogP contribution >= 0.6 is 0 Å². The lowest BCUT2D eigenvalue weighted by molar-refractivity contribution is 0.339. The molecule has 4 heteroatoms. The van der Waals surface area contributed by atoms with E-state index in [2.05, 4.69) is 10.3 Å². The number of nitrogens with zero attached hydrogens (tertiary/aromatic N) is 1. The minimum atomic E-state index is 0.633. The Balaban J connectivity index is 2.22. The highest BCUT2D eigenvalue weighted by atomic mass is 16.5. The molecule has 90 valence electrons. The van der Waals surface area contributed by atoms with E-state index in [0.717, 1.165) is 29.4 Å². The highest BCUT2D eigenvalue weighted by Crippen LogP contribution is 2.24. The van der Waals surface area contributed by atoms with Crippen LogP contribution in [-0.2, 0) is 6.54 Å². The average molecular weight is 232 g/mol. The van der Waals surface area contributed by atoms with Crippen LogP contribution in [0.3, 0.4) is 0 Å². The van der Waals surface area contributed by atoms with Crippen LogP contribution in [0.1, 0.15) is 12.7 Å². The van der Waals surface area contributed by atoms with Crippen LogP contribution in [0.15, 0.2) is 35.0 Å². The van der Waals surface area contributed by atoms with Crippen LogP contribution in [0, 0.1) is 0 Å². The SMILES string of the molecule is CCOc1cncc(-c2ccc(CNC)o2)c1. The Labute approximate surface area is 101 Å². The molecule has 2 heterocycles. The fourth-order valence-corrected chi connectivity index (χ4v) is 1.60. The van der Waals surface area contributed by atoms with Gasteiger partial charge < -0.3 is 14.5 Å². The van der Waals surface area contributed by atoms with Crippen molar-refractivity contribution in [3.8, 4) is 17.1 Å². The molecule has 1 N–H and O–H groups in total. The topological polar surface area (TPSA) is 47.3 Å². The number of hydrogen-bond donors (Lipinski definition) is 1. The van der Waals surface area contributed by atoms with Gasteiger partial charge in [-0.3, -0.25) is 4.98 Å². The quantitative estimate of drug-likeness (QED) is 0.860. The minimum Gasteiger partial charge on any atom is -0.492 e. The van der Waals surface area contributed by atoms with Gasteiger partial charge >= 0.3 is 0 Å². The van der Waals surface area contributed by atoms with Crippen molar-refractivity contribution >= 4 is 0 Å². The Kier molecular flexibility index (Phi) is 3.77. The van der Waals surface area contributed by atoms with Gasteiger partial charge in [-0.15, -0.1) is 0 Å². The predicted molar refractivity (Wildman–Crippen MR) is 65.9 cm³/mol. The molecular formula is C13H16N2O2. The Morgan fingerprint density at radius 1 is 1.35 bits per heavy atom. The second-order valence-electron chi connectivity index (χ2n) is 3.64. The molecule has 0 fully saturated rings. The first-order chi connectivity index (χ1) is 8.33. The van der Waals surface area contributed by atoms with Crippen molar-refractivity contribution in [1.82, 2.24) is 10.3 Å². The number of aromatic nitrogens is 1. The largest absolute Gasteiger partial charge is 0.492 e. The highest BCUT2D eigenvalue weighted by molar-refractivity contribution is 5.58. The lowest BCUT2D eigenvalue weighted by Gasteiger charge is -2.03. The Hall–Kier alpha value is -1.81. The zero-order chi connectivity index (χ0) is 12.1. The molecular weight excluding hydrogens is 216 g/mol. The second kappa shape index (κ2) is 5.50. The van der Waals surface area contributed by atoms with Gasteiger partial charge in [0.25, 0.3) is 0 Å². The summed E-state index contributed by atoms with van der Waals surface area (Å²) in [6.07, 6.45) is 3.47. The van der Waals surface area contributed by atoms with Crippen molar-refractivity contribution in [3.63, 3.8) is 0 Å². The lowest BCUT2D eigenvalue weighted by Crippen LogP contribution is -2.03. The van der Waals surface area contributed by atoms with E-state index in [-0.39, 0.29) is 0 Å². The number of ether oxygens (including phenoxy) is 1. The first kappa shape index (κ1) is 11.7. The summed E-state index contributed by atoms with van der Waals surface area (Å²) in [4.78, 5) is 4.13. The van der Waals surface area contributed by atoms with Crippen LogP contribution in [0.25, 0.3) is 11.3 Å². The Bertz CT molecular complexity index is 480. The Morgan fingerprint density at radius 3 is 3.00 bits per heavy atom. The third-order valence-corrected chi connectivity index (χ3v) is 2.32. The number of hydrogen-bond acceptors (Lipinski definition) is 4. The molecule has 2 aromatic heterocycles. The monoisotopic (exact) mass is 232 g/mol. The van der Waals surface area contributed by atoms with Crippen LogP contribution in [-0.4, -0.2) is 18.6 Å². The van der Waals surface area contributed by atoms with Crippen molar-refractivity contribution in [2.75, 3.05) is 13.7 Å². The first-order valence-electron chi connectivity index (χ1n) is 5.65. The van der Waals surface area contributed by atoms with Crippen molar-refractivity contribution < 1.29 is 9.15 Å². The van der Waals surface area contributed by atoms with E-state index in [1.54, 1.807) is 12.4 Å². The van der Waals surface area contributed by atoms with Crippen molar-refractivity contribution in [2.24, 2.45) is 0 Å². The van der Waals surface area contributed by atoms with Gasteiger partial charge in [-0.1, -0.05) is 0 Å². The fraction of sp³-hybridized carbons (Fsp3) is 0.308. The first-order valence-corrected chi connectivity index (χ1v) is 5.65. The molecule has 2 aromatic rings. The van der Waals surface area contributed by atoms with E-state index in [1.165, 1.54) is 0 Å².